The highest BCUT2D eigenvalue weighted by molar-refractivity contribution is 6.18. The van der Waals surface area contributed by atoms with Crippen molar-refractivity contribution in [1.82, 2.24) is 4.90 Å². The van der Waals surface area contributed by atoms with E-state index in [9.17, 15) is 0 Å². The van der Waals surface area contributed by atoms with Crippen LogP contribution in [-0.4, -0.2) is 42.9 Å². The van der Waals surface area contributed by atoms with E-state index in [0.29, 0.717) is 11.8 Å². The molecule has 0 saturated heterocycles. The van der Waals surface area contributed by atoms with Gasteiger partial charge in [-0.1, -0.05) is 18.2 Å². The summed E-state index contributed by atoms with van der Waals surface area (Å²) in [5, 5.41) is 0. The Morgan fingerprint density at radius 3 is 2.17 bits per heavy atom. The summed E-state index contributed by atoms with van der Waals surface area (Å²) in [6.07, 6.45) is 2.16. The van der Waals surface area contributed by atoms with Crippen LogP contribution < -0.4 is 4.74 Å². The molecule has 0 bridgehead atoms. The lowest BCUT2D eigenvalue weighted by Crippen LogP contribution is -2.29. The summed E-state index contributed by atoms with van der Waals surface area (Å²) in [6, 6.07) is 9.92. The maximum atomic E-state index is 5.74. The molecule has 0 fully saturated rings. The summed E-state index contributed by atoms with van der Waals surface area (Å²) in [5.74, 6) is 2.27. The highest BCUT2D eigenvalue weighted by Crippen LogP contribution is 2.09. The second kappa shape index (κ2) is 10.5. The first-order valence-electron chi connectivity index (χ1n) is 6.39. The quantitative estimate of drug-likeness (QED) is 0.482. The van der Waals surface area contributed by atoms with E-state index in [4.69, 9.17) is 27.9 Å². The average molecular weight is 290 g/mol. The Morgan fingerprint density at radius 1 is 0.889 bits per heavy atom. The summed E-state index contributed by atoms with van der Waals surface area (Å²) in [7, 11) is 0. The number of para-hydroxylation sites is 1. The first-order valence-corrected chi connectivity index (χ1v) is 7.46. The maximum absolute atomic E-state index is 5.74. The van der Waals surface area contributed by atoms with Gasteiger partial charge in [-0.3, -0.25) is 0 Å². The van der Waals surface area contributed by atoms with Crippen LogP contribution in [0.25, 0.3) is 0 Å². The van der Waals surface area contributed by atoms with Crippen LogP contribution in [0.1, 0.15) is 12.8 Å². The van der Waals surface area contributed by atoms with Crippen LogP contribution in [0, 0.1) is 0 Å². The minimum atomic E-state index is 0.664. The minimum absolute atomic E-state index is 0.664. The van der Waals surface area contributed by atoms with Gasteiger partial charge in [-0.2, -0.15) is 0 Å². The summed E-state index contributed by atoms with van der Waals surface area (Å²) in [5.41, 5.74) is 0. The van der Waals surface area contributed by atoms with Crippen molar-refractivity contribution in [2.45, 2.75) is 12.8 Å². The van der Waals surface area contributed by atoms with Crippen molar-refractivity contribution < 1.29 is 4.74 Å². The van der Waals surface area contributed by atoms with Crippen LogP contribution in [0.2, 0.25) is 0 Å². The molecule has 1 rings (SSSR count). The van der Waals surface area contributed by atoms with Crippen molar-refractivity contribution in [3.05, 3.63) is 30.3 Å². The number of unbranched alkanes of at least 4 members (excludes halogenated alkanes) is 1. The van der Waals surface area contributed by atoms with Gasteiger partial charge in [0, 0.05) is 24.8 Å². The lowest BCUT2D eigenvalue weighted by atomic mass is 10.3. The molecule has 0 heterocycles. The SMILES string of the molecule is ClCCN(CCCl)CCCCOc1ccccc1. The molecule has 0 aliphatic heterocycles. The first-order chi connectivity index (χ1) is 8.86. The Bertz CT molecular complexity index is 289. The zero-order chi connectivity index (χ0) is 13.1. The Kier molecular flexibility index (Phi) is 9.09. The van der Waals surface area contributed by atoms with Crippen LogP contribution in [0.4, 0.5) is 0 Å². The van der Waals surface area contributed by atoms with E-state index >= 15 is 0 Å². The van der Waals surface area contributed by atoms with Crippen LogP contribution in [0.3, 0.4) is 0 Å². The fraction of sp³-hybridized carbons (Fsp3) is 0.571. The van der Waals surface area contributed by atoms with Gasteiger partial charge in [0.05, 0.1) is 6.61 Å². The van der Waals surface area contributed by atoms with Gasteiger partial charge in [-0.25, -0.2) is 0 Å². The third kappa shape index (κ3) is 7.10. The van der Waals surface area contributed by atoms with Gasteiger partial charge in [0.25, 0.3) is 0 Å². The van der Waals surface area contributed by atoms with Crippen molar-refractivity contribution >= 4 is 23.2 Å². The molecule has 4 heteroatoms. The Balaban J connectivity index is 2.06. The number of halogens is 2. The molecule has 102 valence electrons. The number of hydrogen-bond acceptors (Lipinski definition) is 2. The molecule has 2 nitrogen and oxygen atoms in total. The van der Waals surface area contributed by atoms with Gasteiger partial charge >= 0.3 is 0 Å². The maximum Gasteiger partial charge on any atom is 0.119 e. The van der Waals surface area contributed by atoms with Crippen molar-refractivity contribution in [3.63, 3.8) is 0 Å². The predicted molar refractivity (Wildman–Crippen MR) is 79.1 cm³/mol. The van der Waals surface area contributed by atoms with Crippen LogP contribution >= 0.6 is 23.2 Å². The molecule has 18 heavy (non-hydrogen) atoms. The number of hydrogen-bond donors (Lipinski definition) is 0. The number of rotatable bonds is 10. The normalized spacial score (nSPS) is 10.8. The summed E-state index contributed by atoms with van der Waals surface area (Å²) < 4.78 is 5.64. The van der Waals surface area contributed by atoms with Gasteiger partial charge in [-0.15, -0.1) is 23.2 Å². The van der Waals surface area contributed by atoms with Gasteiger partial charge in [0.1, 0.15) is 5.75 Å². The Hall–Kier alpha value is -0.440. The monoisotopic (exact) mass is 289 g/mol. The van der Waals surface area contributed by atoms with E-state index in [0.717, 1.165) is 44.8 Å². The molecule has 0 aromatic heterocycles. The zero-order valence-electron chi connectivity index (χ0n) is 10.7. The predicted octanol–water partition coefficient (Wildman–Crippen LogP) is 3.63. The fourth-order valence-corrected chi connectivity index (χ4v) is 2.20. The molecule has 0 radical (unpaired) electrons. The van der Waals surface area contributed by atoms with Gasteiger partial charge in [0.15, 0.2) is 0 Å². The number of ether oxygens (including phenoxy) is 1. The second-order valence-electron chi connectivity index (χ2n) is 4.09. The first kappa shape index (κ1) is 15.6. The van der Waals surface area contributed by atoms with E-state index in [1.165, 1.54) is 0 Å². The van der Waals surface area contributed by atoms with Crippen molar-refractivity contribution in [2.24, 2.45) is 0 Å². The smallest absolute Gasteiger partial charge is 0.119 e. The number of benzene rings is 1. The standard InChI is InChI=1S/C14H21Cl2NO/c15-8-11-17(12-9-16)10-4-5-13-18-14-6-2-1-3-7-14/h1-3,6-7H,4-5,8-13H2. The molecule has 0 amide bonds. The van der Waals surface area contributed by atoms with E-state index in [1.54, 1.807) is 0 Å². The van der Waals surface area contributed by atoms with Crippen LogP contribution in [0.5, 0.6) is 5.75 Å². The van der Waals surface area contributed by atoms with E-state index in [-0.39, 0.29) is 0 Å². The van der Waals surface area contributed by atoms with Crippen molar-refractivity contribution in [1.29, 1.82) is 0 Å². The molecule has 0 atom stereocenters. The number of nitrogens with zero attached hydrogens (tertiary/aromatic N) is 1. The molecule has 1 aromatic rings. The van der Waals surface area contributed by atoms with E-state index in [1.807, 2.05) is 30.3 Å². The molecule has 0 unspecified atom stereocenters. The largest absolute Gasteiger partial charge is 0.494 e. The lowest BCUT2D eigenvalue weighted by Gasteiger charge is -2.19. The highest BCUT2D eigenvalue weighted by Gasteiger charge is 2.02. The topological polar surface area (TPSA) is 12.5 Å². The summed E-state index contributed by atoms with van der Waals surface area (Å²) >= 11 is 11.5. The van der Waals surface area contributed by atoms with Gasteiger partial charge in [0.2, 0.25) is 0 Å². The molecule has 1 aromatic carbocycles. The molecular weight excluding hydrogens is 269 g/mol. The lowest BCUT2D eigenvalue weighted by molar-refractivity contribution is 0.268. The van der Waals surface area contributed by atoms with Crippen molar-refractivity contribution in [2.75, 3.05) is 38.0 Å². The van der Waals surface area contributed by atoms with E-state index in [2.05, 4.69) is 4.90 Å². The summed E-state index contributed by atoms with van der Waals surface area (Å²) in [6.45, 7) is 3.62. The van der Waals surface area contributed by atoms with Crippen LogP contribution in [-0.2, 0) is 0 Å². The molecule has 0 saturated carbocycles. The summed E-state index contributed by atoms with van der Waals surface area (Å²) in [4.78, 5) is 2.29. The third-order valence-corrected chi connectivity index (χ3v) is 3.02. The molecule has 0 aliphatic rings. The molecule has 0 spiro atoms. The Labute approximate surface area is 120 Å². The third-order valence-electron chi connectivity index (χ3n) is 2.68. The average Bonchev–Trinajstić information content (AvgIpc) is 2.40. The van der Waals surface area contributed by atoms with Gasteiger partial charge in [-0.05, 0) is 31.5 Å². The fourth-order valence-electron chi connectivity index (χ4n) is 1.72. The molecular formula is C14H21Cl2NO. The molecule has 0 aliphatic carbocycles. The van der Waals surface area contributed by atoms with Gasteiger partial charge < -0.3 is 9.64 Å². The second-order valence-corrected chi connectivity index (χ2v) is 4.84. The minimum Gasteiger partial charge on any atom is -0.494 e. The zero-order valence-corrected chi connectivity index (χ0v) is 12.2. The highest BCUT2D eigenvalue weighted by atomic mass is 35.5. The molecule has 0 N–H and O–H groups in total. The van der Waals surface area contributed by atoms with Crippen molar-refractivity contribution in [3.8, 4) is 5.75 Å². The number of alkyl halides is 2. The Morgan fingerprint density at radius 2 is 1.56 bits per heavy atom. The van der Waals surface area contributed by atoms with E-state index < -0.39 is 0 Å². The van der Waals surface area contributed by atoms with Crippen LogP contribution in [0.15, 0.2) is 30.3 Å².